The molecule has 0 aromatic carbocycles. The van der Waals surface area contributed by atoms with Gasteiger partial charge in [-0.25, -0.2) is 0 Å². The van der Waals surface area contributed by atoms with Crippen LogP contribution in [0, 0.1) is 0 Å². The third-order valence-corrected chi connectivity index (χ3v) is 2.19. The van der Waals surface area contributed by atoms with E-state index >= 15 is 0 Å². The van der Waals surface area contributed by atoms with E-state index in [-0.39, 0.29) is 13.2 Å². The summed E-state index contributed by atoms with van der Waals surface area (Å²) < 4.78 is 14.6. The molecule has 6 heteroatoms. The highest BCUT2D eigenvalue weighted by molar-refractivity contribution is 4.82. The van der Waals surface area contributed by atoms with Crippen molar-refractivity contribution >= 4 is 0 Å². The summed E-state index contributed by atoms with van der Waals surface area (Å²) in [5.74, 6) is 0. The monoisotopic (exact) mass is 224 g/mol. The number of aliphatic hydroxyl groups excluding tert-OH is 3. The Bertz CT molecular complexity index is 150. The number of hydrogen-bond acceptors (Lipinski definition) is 6. The predicted molar refractivity (Wildman–Crippen MR) is 52.6 cm³/mol. The molecule has 6 nitrogen and oxygen atoms in total. The SMILES string of the molecule is COC[C@H](O)[C@@H](O)[C@H](OC)[C@@H](CO)OC. The van der Waals surface area contributed by atoms with Gasteiger partial charge < -0.3 is 29.5 Å². The summed E-state index contributed by atoms with van der Waals surface area (Å²) in [7, 11) is 4.18. The first-order chi connectivity index (χ1) is 7.12. The van der Waals surface area contributed by atoms with Gasteiger partial charge in [0.05, 0.1) is 13.2 Å². The molecular weight excluding hydrogens is 204 g/mol. The summed E-state index contributed by atoms with van der Waals surface area (Å²) in [5, 5.41) is 28.1. The van der Waals surface area contributed by atoms with Gasteiger partial charge in [-0.2, -0.15) is 0 Å². The Morgan fingerprint density at radius 2 is 1.67 bits per heavy atom. The van der Waals surface area contributed by atoms with Crippen LogP contribution in [0.4, 0.5) is 0 Å². The second kappa shape index (κ2) is 7.98. The molecule has 3 N–H and O–H groups in total. The third kappa shape index (κ3) is 4.42. The molecule has 0 amide bonds. The molecule has 0 aliphatic carbocycles. The molecule has 4 atom stereocenters. The van der Waals surface area contributed by atoms with E-state index in [1.165, 1.54) is 21.3 Å². The van der Waals surface area contributed by atoms with Crippen LogP contribution in [-0.2, 0) is 14.2 Å². The van der Waals surface area contributed by atoms with Crippen molar-refractivity contribution in [1.29, 1.82) is 0 Å². The molecule has 0 saturated heterocycles. The third-order valence-electron chi connectivity index (χ3n) is 2.19. The lowest BCUT2D eigenvalue weighted by molar-refractivity contribution is -0.147. The Morgan fingerprint density at radius 3 is 2.00 bits per heavy atom. The van der Waals surface area contributed by atoms with Gasteiger partial charge in [0.2, 0.25) is 0 Å². The smallest absolute Gasteiger partial charge is 0.114 e. The zero-order valence-corrected chi connectivity index (χ0v) is 9.29. The molecule has 92 valence electrons. The van der Waals surface area contributed by atoms with E-state index in [0.717, 1.165) is 0 Å². The maximum atomic E-state index is 9.70. The molecule has 0 aromatic heterocycles. The molecule has 0 spiro atoms. The van der Waals surface area contributed by atoms with Gasteiger partial charge >= 0.3 is 0 Å². The zero-order valence-electron chi connectivity index (χ0n) is 9.29. The van der Waals surface area contributed by atoms with Gasteiger partial charge in [-0.05, 0) is 0 Å². The number of hydrogen-bond donors (Lipinski definition) is 3. The highest BCUT2D eigenvalue weighted by Crippen LogP contribution is 2.11. The number of rotatable bonds is 8. The van der Waals surface area contributed by atoms with Crippen molar-refractivity contribution in [2.45, 2.75) is 24.4 Å². The van der Waals surface area contributed by atoms with Gasteiger partial charge in [-0.15, -0.1) is 0 Å². The fraction of sp³-hybridized carbons (Fsp3) is 1.00. The first kappa shape index (κ1) is 14.8. The first-order valence-electron chi connectivity index (χ1n) is 4.63. The van der Waals surface area contributed by atoms with Gasteiger partial charge in [0, 0.05) is 21.3 Å². The zero-order chi connectivity index (χ0) is 11.8. The summed E-state index contributed by atoms with van der Waals surface area (Å²) in [6.45, 7) is -0.311. The van der Waals surface area contributed by atoms with Crippen LogP contribution in [0.2, 0.25) is 0 Å². The molecule has 0 aliphatic heterocycles. The molecule has 0 unspecified atom stereocenters. The van der Waals surface area contributed by atoms with Gasteiger partial charge in [0.1, 0.15) is 24.4 Å². The van der Waals surface area contributed by atoms with Gasteiger partial charge in [0.15, 0.2) is 0 Å². The highest BCUT2D eigenvalue weighted by Gasteiger charge is 2.32. The van der Waals surface area contributed by atoms with E-state index in [2.05, 4.69) is 0 Å². The average molecular weight is 224 g/mol. The molecule has 0 aromatic rings. The summed E-state index contributed by atoms with van der Waals surface area (Å²) in [6, 6.07) is 0. The van der Waals surface area contributed by atoms with Crippen molar-refractivity contribution in [2.24, 2.45) is 0 Å². The van der Waals surface area contributed by atoms with E-state index in [4.69, 9.17) is 19.3 Å². The summed E-state index contributed by atoms with van der Waals surface area (Å²) in [4.78, 5) is 0. The topological polar surface area (TPSA) is 88.4 Å². The fourth-order valence-corrected chi connectivity index (χ4v) is 1.31. The van der Waals surface area contributed by atoms with Crippen LogP contribution in [0.5, 0.6) is 0 Å². The lowest BCUT2D eigenvalue weighted by Gasteiger charge is -2.30. The molecule has 0 rings (SSSR count). The average Bonchev–Trinajstić information content (AvgIpc) is 2.25. The van der Waals surface area contributed by atoms with E-state index in [1.54, 1.807) is 0 Å². The Balaban J connectivity index is 4.36. The molecule has 0 saturated carbocycles. The Morgan fingerprint density at radius 1 is 1.07 bits per heavy atom. The number of ether oxygens (including phenoxy) is 3. The lowest BCUT2D eigenvalue weighted by atomic mass is 10.0. The molecule has 0 fully saturated rings. The number of aliphatic hydroxyl groups is 3. The van der Waals surface area contributed by atoms with E-state index in [1.807, 2.05) is 0 Å². The van der Waals surface area contributed by atoms with Crippen LogP contribution in [0.1, 0.15) is 0 Å². The van der Waals surface area contributed by atoms with E-state index in [0.29, 0.717) is 0 Å². The van der Waals surface area contributed by atoms with Crippen LogP contribution in [0.25, 0.3) is 0 Å². The van der Waals surface area contributed by atoms with E-state index in [9.17, 15) is 10.2 Å². The number of methoxy groups -OCH3 is 3. The minimum absolute atomic E-state index is 0.0110. The maximum Gasteiger partial charge on any atom is 0.114 e. The van der Waals surface area contributed by atoms with Crippen molar-refractivity contribution in [3.63, 3.8) is 0 Å². The summed E-state index contributed by atoms with van der Waals surface area (Å²) >= 11 is 0. The van der Waals surface area contributed by atoms with E-state index < -0.39 is 24.4 Å². The van der Waals surface area contributed by atoms with Gasteiger partial charge in [0.25, 0.3) is 0 Å². The molecule has 0 bridgehead atoms. The van der Waals surface area contributed by atoms with Gasteiger partial charge in [-0.3, -0.25) is 0 Å². The Labute approximate surface area is 89.4 Å². The molecule has 15 heavy (non-hydrogen) atoms. The second-order valence-corrected chi connectivity index (χ2v) is 3.17. The molecule has 0 aliphatic rings. The van der Waals surface area contributed by atoms with Crippen molar-refractivity contribution in [1.82, 2.24) is 0 Å². The van der Waals surface area contributed by atoms with Crippen molar-refractivity contribution in [2.75, 3.05) is 34.5 Å². The van der Waals surface area contributed by atoms with Crippen molar-refractivity contribution in [3.8, 4) is 0 Å². The summed E-state index contributed by atoms with van der Waals surface area (Å²) in [6.07, 6.45) is -3.74. The van der Waals surface area contributed by atoms with Crippen LogP contribution in [-0.4, -0.2) is 74.3 Å². The lowest BCUT2D eigenvalue weighted by Crippen LogP contribution is -2.49. The minimum atomic E-state index is -1.17. The largest absolute Gasteiger partial charge is 0.394 e. The second-order valence-electron chi connectivity index (χ2n) is 3.17. The Hall–Kier alpha value is -0.240. The Kier molecular flexibility index (Phi) is 7.85. The van der Waals surface area contributed by atoms with Gasteiger partial charge in [-0.1, -0.05) is 0 Å². The van der Waals surface area contributed by atoms with Crippen molar-refractivity contribution < 1.29 is 29.5 Å². The quantitative estimate of drug-likeness (QED) is 0.459. The van der Waals surface area contributed by atoms with Crippen LogP contribution < -0.4 is 0 Å². The maximum absolute atomic E-state index is 9.70. The fourth-order valence-electron chi connectivity index (χ4n) is 1.31. The normalized spacial score (nSPS) is 19.6. The molecule has 0 radical (unpaired) electrons. The minimum Gasteiger partial charge on any atom is -0.394 e. The van der Waals surface area contributed by atoms with Crippen molar-refractivity contribution in [3.05, 3.63) is 0 Å². The van der Waals surface area contributed by atoms with Crippen LogP contribution in [0.3, 0.4) is 0 Å². The molecule has 0 heterocycles. The molecular formula is C9H20O6. The van der Waals surface area contributed by atoms with Crippen LogP contribution in [0.15, 0.2) is 0 Å². The predicted octanol–water partition coefficient (Wildman–Crippen LogP) is -1.62. The summed E-state index contributed by atoms with van der Waals surface area (Å²) in [5.41, 5.74) is 0. The standard InChI is InChI=1S/C9H20O6/c1-13-5-6(11)8(12)9(15-3)7(4-10)14-2/h6-12H,4-5H2,1-3H3/t6-,7+,8+,9+/m0/s1. The van der Waals surface area contributed by atoms with Crippen LogP contribution >= 0.6 is 0 Å². The highest BCUT2D eigenvalue weighted by atomic mass is 16.5. The first-order valence-corrected chi connectivity index (χ1v) is 4.63.